The fourth-order valence-electron chi connectivity index (χ4n) is 1.87. The van der Waals surface area contributed by atoms with Gasteiger partial charge in [-0.25, -0.2) is 9.78 Å². The lowest BCUT2D eigenvalue weighted by Crippen LogP contribution is -2.06. The highest BCUT2D eigenvalue weighted by Crippen LogP contribution is 2.24. The first kappa shape index (κ1) is 13.8. The van der Waals surface area contributed by atoms with E-state index in [1.807, 2.05) is 32.0 Å². The predicted octanol–water partition coefficient (Wildman–Crippen LogP) is 3.63. The molecule has 0 saturated heterocycles. The molecule has 100 valence electrons. The van der Waals surface area contributed by atoms with E-state index in [2.05, 4.69) is 25.9 Å². The van der Waals surface area contributed by atoms with E-state index in [4.69, 9.17) is 4.74 Å². The van der Waals surface area contributed by atoms with E-state index in [0.717, 1.165) is 15.6 Å². The number of carbonyl (C=O) groups is 1. The number of hydrogen-bond acceptors (Lipinski definition) is 3. The zero-order chi connectivity index (χ0) is 14.0. The molecule has 1 aromatic heterocycles. The average Bonchev–Trinajstić information content (AvgIpc) is 2.70. The summed E-state index contributed by atoms with van der Waals surface area (Å²) in [6.45, 7) is 5.94. The topological polar surface area (TPSA) is 55.0 Å². The molecular formula is C14H15BrN2O2. The Morgan fingerprint density at radius 1 is 1.37 bits per heavy atom. The fourth-order valence-corrected chi connectivity index (χ4v) is 2.48. The molecule has 2 aromatic rings. The minimum Gasteiger partial charge on any atom is -0.461 e. The molecule has 0 aliphatic carbocycles. The molecule has 0 saturated carbocycles. The molecular weight excluding hydrogens is 308 g/mol. The number of hydrogen-bond donors (Lipinski definition) is 1. The summed E-state index contributed by atoms with van der Waals surface area (Å²) in [6.07, 6.45) is 0. The lowest BCUT2D eigenvalue weighted by Gasteiger charge is -2.00. The lowest BCUT2D eigenvalue weighted by molar-refractivity contribution is 0.0519. The first-order valence-electron chi connectivity index (χ1n) is 6.02. The molecule has 5 heteroatoms. The van der Waals surface area contributed by atoms with Gasteiger partial charge in [0.15, 0.2) is 5.69 Å². The maximum atomic E-state index is 11.7. The van der Waals surface area contributed by atoms with Gasteiger partial charge in [0.05, 0.1) is 6.61 Å². The van der Waals surface area contributed by atoms with Gasteiger partial charge in [-0.1, -0.05) is 15.9 Å². The molecule has 0 fully saturated rings. The number of aromatic amines is 1. The van der Waals surface area contributed by atoms with E-state index in [1.54, 1.807) is 6.92 Å². The average molecular weight is 323 g/mol. The largest absolute Gasteiger partial charge is 0.461 e. The van der Waals surface area contributed by atoms with E-state index in [-0.39, 0.29) is 0 Å². The number of esters is 1. The highest BCUT2D eigenvalue weighted by Gasteiger charge is 2.16. The number of H-pyrrole nitrogens is 1. The van der Waals surface area contributed by atoms with Crippen LogP contribution < -0.4 is 0 Å². The minimum absolute atomic E-state index is 0.342. The summed E-state index contributed by atoms with van der Waals surface area (Å²) >= 11 is 3.46. The Bertz CT molecular complexity index is 600. The van der Waals surface area contributed by atoms with Crippen molar-refractivity contribution in [3.63, 3.8) is 0 Å². The number of carbonyl (C=O) groups excluding carboxylic acids is 1. The molecule has 2 rings (SSSR count). The molecule has 1 N–H and O–H groups in total. The van der Waals surface area contributed by atoms with Crippen LogP contribution >= 0.6 is 15.9 Å². The third-order valence-electron chi connectivity index (χ3n) is 2.67. The van der Waals surface area contributed by atoms with Gasteiger partial charge in [0.1, 0.15) is 5.82 Å². The van der Waals surface area contributed by atoms with Gasteiger partial charge in [0, 0.05) is 15.7 Å². The molecule has 4 nitrogen and oxygen atoms in total. The molecule has 19 heavy (non-hydrogen) atoms. The van der Waals surface area contributed by atoms with Gasteiger partial charge in [-0.2, -0.15) is 0 Å². The monoisotopic (exact) mass is 322 g/mol. The van der Waals surface area contributed by atoms with Crippen LogP contribution in [0.15, 0.2) is 22.7 Å². The number of nitrogens with one attached hydrogen (secondary N) is 1. The number of aromatic nitrogens is 2. The number of benzene rings is 1. The number of aryl methyl sites for hydroxylation is 2. The zero-order valence-electron chi connectivity index (χ0n) is 11.1. The third-order valence-corrected chi connectivity index (χ3v) is 3.13. The third kappa shape index (κ3) is 3.04. The van der Waals surface area contributed by atoms with E-state index in [9.17, 15) is 4.79 Å². The van der Waals surface area contributed by atoms with Crippen LogP contribution in [0.3, 0.4) is 0 Å². The summed E-state index contributed by atoms with van der Waals surface area (Å²) in [5, 5.41) is 0. The van der Waals surface area contributed by atoms with Gasteiger partial charge in [-0.05, 0) is 44.5 Å². The Balaban J connectivity index is 2.41. The van der Waals surface area contributed by atoms with Gasteiger partial charge < -0.3 is 9.72 Å². The minimum atomic E-state index is -0.394. The van der Waals surface area contributed by atoms with Crippen LogP contribution in [0, 0.1) is 13.8 Å². The molecule has 1 heterocycles. The van der Waals surface area contributed by atoms with Crippen LogP contribution in [-0.4, -0.2) is 22.5 Å². The second-order valence-electron chi connectivity index (χ2n) is 4.30. The highest BCUT2D eigenvalue weighted by molar-refractivity contribution is 9.10. The molecule has 0 aliphatic rings. The fraction of sp³-hybridized carbons (Fsp3) is 0.286. The van der Waals surface area contributed by atoms with E-state index in [1.165, 1.54) is 0 Å². The first-order chi connectivity index (χ1) is 9.01. The van der Waals surface area contributed by atoms with E-state index >= 15 is 0 Å². The van der Waals surface area contributed by atoms with Crippen molar-refractivity contribution in [3.05, 3.63) is 39.6 Å². The Hall–Kier alpha value is -1.62. The number of nitrogens with zero attached hydrogens (tertiary/aromatic N) is 1. The summed E-state index contributed by atoms with van der Waals surface area (Å²) in [5.41, 5.74) is 3.11. The molecule has 1 aromatic carbocycles. The van der Waals surface area contributed by atoms with Gasteiger partial charge in [0.25, 0.3) is 0 Å². The van der Waals surface area contributed by atoms with Crippen LogP contribution in [0.4, 0.5) is 0 Å². The molecule has 0 atom stereocenters. The summed E-state index contributed by atoms with van der Waals surface area (Å²) < 4.78 is 5.96. The van der Waals surface area contributed by atoms with Crippen molar-refractivity contribution in [1.82, 2.24) is 9.97 Å². The predicted molar refractivity (Wildman–Crippen MR) is 77.2 cm³/mol. The zero-order valence-corrected chi connectivity index (χ0v) is 12.7. The number of ether oxygens (including phenoxy) is 1. The van der Waals surface area contributed by atoms with Crippen molar-refractivity contribution in [2.45, 2.75) is 20.8 Å². The summed E-state index contributed by atoms with van der Waals surface area (Å²) in [5.74, 6) is 0.277. The molecule has 0 radical (unpaired) electrons. The van der Waals surface area contributed by atoms with Crippen molar-refractivity contribution < 1.29 is 9.53 Å². The SMILES string of the molecule is CCOC(=O)c1nc(-c2cc(C)cc(Br)c2)[nH]c1C. The Morgan fingerprint density at radius 3 is 2.74 bits per heavy atom. The van der Waals surface area contributed by atoms with Gasteiger partial charge >= 0.3 is 5.97 Å². The van der Waals surface area contributed by atoms with Crippen molar-refractivity contribution in [3.8, 4) is 11.4 Å². The highest BCUT2D eigenvalue weighted by atomic mass is 79.9. The first-order valence-corrected chi connectivity index (χ1v) is 6.82. The maximum Gasteiger partial charge on any atom is 0.358 e. The standard InChI is InChI=1S/C14H15BrN2O2/c1-4-19-14(18)12-9(3)16-13(17-12)10-5-8(2)6-11(15)7-10/h5-7H,4H2,1-3H3,(H,16,17). The molecule has 0 amide bonds. The van der Waals surface area contributed by atoms with Gasteiger partial charge in [0.2, 0.25) is 0 Å². The second-order valence-corrected chi connectivity index (χ2v) is 5.21. The summed E-state index contributed by atoms with van der Waals surface area (Å²) in [4.78, 5) is 19.2. The van der Waals surface area contributed by atoms with Gasteiger partial charge in [-0.3, -0.25) is 0 Å². The molecule has 0 aliphatic heterocycles. The van der Waals surface area contributed by atoms with Crippen molar-refractivity contribution in [2.24, 2.45) is 0 Å². The summed E-state index contributed by atoms with van der Waals surface area (Å²) in [7, 11) is 0. The Kier molecular flexibility index (Phi) is 4.04. The number of halogens is 1. The van der Waals surface area contributed by atoms with Crippen LogP contribution in [0.25, 0.3) is 11.4 Å². The number of rotatable bonds is 3. The van der Waals surface area contributed by atoms with Crippen LogP contribution in [0.1, 0.15) is 28.7 Å². The Labute approximate surface area is 120 Å². The van der Waals surface area contributed by atoms with Crippen LogP contribution in [0.2, 0.25) is 0 Å². The normalized spacial score (nSPS) is 10.5. The van der Waals surface area contributed by atoms with Crippen molar-refractivity contribution in [1.29, 1.82) is 0 Å². The molecule has 0 unspecified atom stereocenters. The quantitative estimate of drug-likeness (QED) is 0.878. The van der Waals surface area contributed by atoms with Crippen LogP contribution in [0.5, 0.6) is 0 Å². The van der Waals surface area contributed by atoms with Crippen LogP contribution in [-0.2, 0) is 4.74 Å². The lowest BCUT2D eigenvalue weighted by atomic mass is 10.1. The van der Waals surface area contributed by atoms with Gasteiger partial charge in [-0.15, -0.1) is 0 Å². The maximum absolute atomic E-state index is 11.7. The molecule has 0 bridgehead atoms. The second kappa shape index (κ2) is 5.57. The number of imidazole rings is 1. The smallest absolute Gasteiger partial charge is 0.358 e. The molecule has 0 spiro atoms. The van der Waals surface area contributed by atoms with E-state index in [0.29, 0.717) is 23.8 Å². The summed E-state index contributed by atoms with van der Waals surface area (Å²) in [6, 6.07) is 5.99. The van der Waals surface area contributed by atoms with Crippen molar-refractivity contribution in [2.75, 3.05) is 6.61 Å². The van der Waals surface area contributed by atoms with Crippen molar-refractivity contribution >= 4 is 21.9 Å². The van der Waals surface area contributed by atoms with E-state index < -0.39 is 5.97 Å². The Morgan fingerprint density at radius 2 is 2.11 bits per heavy atom.